The van der Waals surface area contributed by atoms with Crippen LogP contribution in [0.4, 0.5) is 0 Å². The molecule has 2 heteroatoms. The average Bonchev–Trinajstić information content (AvgIpc) is 2.54. The lowest BCUT2D eigenvalue weighted by Crippen LogP contribution is -2.04. The molecule has 0 radical (unpaired) electrons. The summed E-state index contributed by atoms with van der Waals surface area (Å²) in [5.41, 5.74) is 2.94. The van der Waals surface area contributed by atoms with Gasteiger partial charge in [0.05, 0.1) is 0 Å². The van der Waals surface area contributed by atoms with Gasteiger partial charge in [-0.2, -0.15) is 0 Å². The fraction of sp³-hybridized carbons (Fsp3) is 0.429. The Kier molecular flexibility index (Phi) is 11.2. The second kappa shape index (κ2) is 12.0. The molecule has 0 aromatic rings. The predicted octanol–water partition coefficient (Wildman–Crippen LogP) is 7.40. The number of aliphatic hydroxyl groups is 1. The van der Waals surface area contributed by atoms with Crippen LogP contribution in [0, 0.1) is 5.92 Å². The van der Waals surface area contributed by atoms with Crippen molar-refractivity contribution in [3.63, 3.8) is 0 Å². The average molecular weight is 335 g/mol. The van der Waals surface area contributed by atoms with Gasteiger partial charge >= 0.3 is 0 Å². The molecule has 1 N–H and O–H groups in total. The zero-order valence-corrected chi connectivity index (χ0v) is 16.0. The number of hydrogen-bond donors (Lipinski definition) is 1. The highest BCUT2D eigenvalue weighted by Gasteiger charge is 2.15. The molecule has 0 aliphatic heterocycles. The zero-order chi connectivity index (χ0) is 17.8. The minimum absolute atomic E-state index is 0.310. The van der Waals surface area contributed by atoms with Crippen LogP contribution in [0.15, 0.2) is 70.5 Å². The fourth-order valence-corrected chi connectivity index (χ4v) is 2.31. The van der Waals surface area contributed by atoms with Crippen molar-refractivity contribution in [3.8, 4) is 0 Å². The molecule has 0 fully saturated rings. The highest BCUT2D eigenvalue weighted by Crippen LogP contribution is 2.30. The Morgan fingerprint density at radius 3 is 2.26 bits per heavy atom. The Balaban J connectivity index is 6.07. The van der Waals surface area contributed by atoms with Crippen LogP contribution < -0.4 is 0 Å². The second-order valence-corrected chi connectivity index (χ2v) is 5.97. The molecule has 0 aliphatic rings. The lowest BCUT2D eigenvalue weighted by Gasteiger charge is -2.18. The molecule has 0 aliphatic carbocycles. The molecule has 0 saturated heterocycles. The van der Waals surface area contributed by atoms with Crippen molar-refractivity contribution in [2.75, 3.05) is 0 Å². The van der Waals surface area contributed by atoms with Crippen molar-refractivity contribution in [2.24, 2.45) is 5.92 Å². The molecular formula is C21H31ClO. The zero-order valence-electron chi connectivity index (χ0n) is 15.2. The number of hydrogen-bond acceptors (Lipinski definition) is 1. The molecule has 0 aromatic carbocycles. The maximum absolute atomic E-state index is 10.4. The third-order valence-corrected chi connectivity index (χ3v) is 4.08. The minimum Gasteiger partial charge on any atom is -0.508 e. The molecular weight excluding hydrogens is 304 g/mol. The van der Waals surface area contributed by atoms with Crippen LogP contribution in [0.25, 0.3) is 0 Å². The summed E-state index contributed by atoms with van der Waals surface area (Å²) in [6, 6.07) is 0. The molecule has 0 heterocycles. The van der Waals surface area contributed by atoms with E-state index in [0.717, 1.165) is 36.0 Å². The summed E-state index contributed by atoms with van der Waals surface area (Å²) in [6.07, 6.45) is 14.1. The Bertz CT molecular complexity index is 530. The van der Waals surface area contributed by atoms with Crippen LogP contribution in [0.5, 0.6) is 0 Å². The monoisotopic (exact) mass is 334 g/mol. The first-order chi connectivity index (χ1) is 10.9. The van der Waals surface area contributed by atoms with E-state index in [9.17, 15) is 5.11 Å². The van der Waals surface area contributed by atoms with Crippen molar-refractivity contribution in [3.05, 3.63) is 70.5 Å². The first kappa shape index (κ1) is 21.5. The molecule has 23 heavy (non-hydrogen) atoms. The molecule has 1 unspecified atom stereocenters. The van der Waals surface area contributed by atoms with Crippen molar-refractivity contribution >= 4 is 11.6 Å². The standard InChI is InChI=1S/C21H31ClO/c1-7-11-14-17(6)20(22)15-19(16(5)10-4)18(12-8-2)21(23)13-9-3/h7,11-16,23H,1,8-10H2,2-6H3/b14-11-,18-12-,19-15+,20-17-,21-13+. The molecule has 0 spiro atoms. The van der Waals surface area contributed by atoms with Gasteiger partial charge in [-0.15, -0.1) is 0 Å². The SMILES string of the molecule is C=C\C=C/C(C)=C(Cl)/C=C(C(=C/CC)/C(O)=C\CC)\C(C)CC. The van der Waals surface area contributed by atoms with Gasteiger partial charge in [0.15, 0.2) is 0 Å². The van der Waals surface area contributed by atoms with Crippen LogP contribution in [0.3, 0.4) is 0 Å². The summed E-state index contributed by atoms with van der Waals surface area (Å²) in [6.45, 7) is 14.0. The fourth-order valence-electron chi connectivity index (χ4n) is 2.13. The van der Waals surface area contributed by atoms with E-state index in [-0.39, 0.29) is 0 Å². The summed E-state index contributed by atoms with van der Waals surface area (Å²) < 4.78 is 0. The van der Waals surface area contributed by atoms with Gasteiger partial charge in [-0.1, -0.05) is 70.2 Å². The van der Waals surface area contributed by atoms with Crippen molar-refractivity contribution in [1.29, 1.82) is 0 Å². The molecule has 1 atom stereocenters. The second-order valence-electron chi connectivity index (χ2n) is 5.56. The molecule has 128 valence electrons. The maximum atomic E-state index is 10.4. The number of aliphatic hydroxyl groups excluding tert-OH is 1. The van der Waals surface area contributed by atoms with Crippen LogP contribution in [-0.4, -0.2) is 5.11 Å². The Labute approximate surface area is 147 Å². The predicted molar refractivity (Wildman–Crippen MR) is 105 cm³/mol. The van der Waals surface area contributed by atoms with Gasteiger partial charge in [-0.05, 0) is 55.4 Å². The van der Waals surface area contributed by atoms with Gasteiger partial charge in [-0.25, -0.2) is 0 Å². The number of allylic oxidation sites excluding steroid dienone is 9. The van der Waals surface area contributed by atoms with Crippen LogP contribution in [0.2, 0.25) is 0 Å². The number of rotatable bonds is 9. The molecule has 0 rings (SSSR count). The van der Waals surface area contributed by atoms with Crippen molar-refractivity contribution in [1.82, 2.24) is 0 Å². The lowest BCUT2D eigenvalue weighted by atomic mass is 9.89. The summed E-state index contributed by atoms with van der Waals surface area (Å²) >= 11 is 6.48. The van der Waals surface area contributed by atoms with E-state index in [1.807, 2.05) is 38.2 Å². The van der Waals surface area contributed by atoms with E-state index >= 15 is 0 Å². The van der Waals surface area contributed by atoms with Gasteiger partial charge in [0, 0.05) is 10.6 Å². The first-order valence-electron chi connectivity index (χ1n) is 8.39. The van der Waals surface area contributed by atoms with Gasteiger partial charge in [0.25, 0.3) is 0 Å². The number of halogens is 1. The highest BCUT2D eigenvalue weighted by atomic mass is 35.5. The summed E-state index contributed by atoms with van der Waals surface area (Å²) in [5, 5.41) is 11.1. The van der Waals surface area contributed by atoms with Gasteiger partial charge < -0.3 is 5.11 Å². The Morgan fingerprint density at radius 1 is 1.17 bits per heavy atom. The maximum Gasteiger partial charge on any atom is 0.118 e. The normalized spacial score (nSPS) is 16.5. The van der Waals surface area contributed by atoms with E-state index in [0.29, 0.717) is 16.7 Å². The topological polar surface area (TPSA) is 20.2 Å². The van der Waals surface area contributed by atoms with Gasteiger partial charge in [-0.3, -0.25) is 0 Å². The van der Waals surface area contributed by atoms with Crippen molar-refractivity contribution < 1.29 is 5.11 Å². The van der Waals surface area contributed by atoms with E-state index < -0.39 is 0 Å². The van der Waals surface area contributed by atoms with Crippen LogP contribution in [-0.2, 0) is 0 Å². The highest BCUT2D eigenvalue weighted by molar-refractivity contribution is 6.31. The molecule has 1 nitrogen and oxygen atoms in total. The Morgan fingerprint density at radius 2 is 1.78 bits per heavy atom. The largest absolute Gasteiger partial charge is 0.508 e. The van der Waals surface area contributed by atoms with Gasteiger partial charge in [0.2, 0.25) is 0 Å². The van der Waals surface area contributed by atoms with Crippen LogP contribution >= 0.6 is 11.6 Å². The molecule has 0 bridgehead atoms. The quantitative estimate of drug-likeness (QED) is 0.344. The van der Waals surface area contributed by atoms with E-state index in [1.165, 1.54) is 0 Å². The van der Waals surface area contributed by atoms with E-state index in [2.05, 4.69) is 33.4 Å². The molecule has 0 amide bonds. The van der Waals surface area contributed by atoms with E-state index in [1.54, 1.807) is 6.08 Å². The third-order valence-electron chi connectivity index (χ3n) is 3.68. The van der Waals surface area contributed by atoms with Gasteiger partial charge in [0.1, 0.15) is 5.76 Å². The lowest BCUT2D eigenvalue weighted by molar-refractivity contribution is 0.419. The third kappa shape index (κ3) is 7.56. The summed E-state index contributed by atoms with van der Waals surface area (Å²) in [7, 11) is 0. The summed E-state index contributed by atoms with van der Waals surface area (Å²) in [5.74, 6) is 0.648. The molecule has 0 aromatic heterocycles. The smallest absolute Gasteiger partial charge is 0.118 e. The Hall–Kier alpha value is -1.47. The minimum atomic E-state index is 0.310. The van der Waals surface area contributed by atoms with E-state index in [4.69, 9.17) is 11.6 Å². The van der Waals surface area contributed by atoms with Crippen LogP contribution in [0.1, 0.15) is 53.9 Å². The first-order valence-corrected chi connectivity index (χ1v) is 8.77. The molecule has 0 saturated carbocycles. The van der Waals surface area contributed by atoms with Crippen molar-refractivity contribution in [2.45, 2.75) is 53.9 Å². The summed E-state index contributed by atoms with van der Waals surface area (Å²) in [4.78, 5) is 0.